The number of nitrogens with one attached hydrogen (secondary N) is 1. The van der Waals surface area contributed by atoms with Crippen LogP contribution in [0.1, 0.15) is 5.56 Å². The van der Waals surface area contributed by atoms with Crippen molar-refractivity contribution in [1.82, 2.24) is 34.5 Å². The lowest BCUT2D eigenvalue weighted by molar-refractivity contribution is 0.998. The Morgan fingerprint density at radius 3 is 2.36 bits per heavy atom. The number of rotatable bonds is 6. The summed E-state index contributed by atoms with van der Waals surface area (Å²) in [6.07, 6.45) is 4.60. The highest BCUT2D eigenvalue weighted by atomic mass is 15.1. The first-order valence-corrected chi connectivity index (χ1v) is 11.4. The molecule has 0 saturated heterocycles. The van der Waals surface area contributed by atoms with E-state index in [0.717, 1.165) is 39.2 Å². The number of pyridine rings is 2. The average molecular weight is 472 g/mol. The maximum absolute atomic E-state index is 6.25. The summed E-state index contributed by atoms with van der Waals surface area (Å²) < 4.78 is 2.03. The molecule has 9 heteroatoms. The summed E-state index contributed by atoms with van der Waals surface area (Å²) >= 11 is 0. The molecule has 0 spiro atoms. The molecule has 174 valence electrons. The predicted octanol–water partition coefficient (Wildman–Crippen LogP) is 4.53. The van der Waals surface area contributed by atoms with Crippen LogP contribution in [0.3, 0.4) is 0 Å². The molecule has 0 saturated carbocycles. The molecule has 0 unspecified atom stereocenters. The minimum absolute atomic E-state index is 0.413. The van der Waals surface area contributed by atoms with Gasteiger partial charge in [0, 0.05) is 24.0 Å². The van der Waals surface area contributed by atoms with Crippen molar-refractivity contribution in [2.45, 2.75) is 6.54 Å². The van der Waals surface area contributed by atoms with Crippen molar-refractivity contribution in [3.63, 3.8) is 0 Å². The first-order valence-electron chi connectivity index (χ1n) is 11.4. The topological polar surface area (TPSA) is 120 Å². The van der Waals surface area contributed by atoms with Crippen LogP contribution in [0, 0.1) is 0 Å². The Kier molecular flexibility index (Phi) is 5.47. The Morgan fingerprint density at radius 1 is 0.778 bits per heavy atom. The number of hydrogen-bond acceptors (Lipinski definition) is 8. The van der Waals surface area contributed by atoms with Gasteiger partial charge in [0.25, 0.3) is 0 Å². The van der Waals surface area contributed by atoms with Gasteiger partial charge in [-0.3, -0.25) is 4.57 Å². The van der Waals surface area contributed by atoms with Crippen LogP contribution in [0.15, 0.2) is 97.7 Å². The third-order valence-electron chi connectivity index (χ3n) is 5.79. The van der Waals surface area contributed by atoms with Crippen LogP contribution in [0.2, 0.25) is 0 Å². The maximum atomic E-state index is 6.25. The molecule has 0 aliphatic rings. The summed E-state index contributed by atoms with van der Waals surface area (Å²) in [4.78, 5) is 26.2. The van der Waals surface area contributed by atoms with Gasteiger partial charge in [-0.1, -0.05) is 42.5 Å². The number of anilines is 2. The van der Waals surface area contributed by atoms with Crippen LogP contribution in [0.25, 0.3) is 39.5 Å². The van der Waals surface area contributed by atoms with Gasteiger partial charge in [0.15, 0.2) is 11.5 Å². The standard InChI is InChI=1S/C27H21N9/c28-24-21(7-4-14-30-24)25-35-23-13-12-22(19-5-2-1-3-6-19)34-26(23)36(25)20-10-8-18(9-11-20)15-31-27-32-16-29-17-33-27/h1-14,16-17H,15H2,(H2,28,30)(H,29,31,32,33). The molecule has 0 radical (unpaired) electrons. The zero-order valence-corrected chi connectivity index (χ0v) is 19.2. The number of nitrogens with zero attached hydrogens (tertiary/aromatic N) is 7. The second-order valence-corrected chi connectivity index (χ2v) is 8.09. The Labute approximate surface area is 206 Å². The molecular weight excluding hydrogens is 450 g/mol. The van der Waals surface area contributed by atoms with E-state index in [1.165, 1.54) is 12.7 Å². The lowest BCUT2D eigenvalue weighted by Gasteiger charge is -2.12. The first-order chi connectivity index (χ1) is 17.8. The Morgan fingerprint density at radius 2 is 1.58 bits per heavy atom. The van der Waals surface area contributed by atoms with Crippen LogP contribution in [-0.2, 0) is 6.54 Å². The Balaban J connectivity index is 1.44. The fourth-order valence-electron chi connectivity index (χ4n) is 4.03. The van der Waals surface area contributed by atoms with E-state index in [0.29, 0.717) is 24.1 Å². The molecule has 0 aliphatic heterocycles. The number of aromatic nitrogens is 7. The number of fused-ring (bicyclic) bond motifs is 1. The smallest absolute Gasteiger partial charge is 0.225 e. The molecular formula is C27H21N9. The van der Waals surface area contributed by atoms with Gasteiger partial charge < -0.3 is 11.1 Å². The molecule has 4 aromatic heterocycles. The third-order valence-corrected chi connectivity index (χ3v) is 5.79. The van der Waals surface area contributed by atoms with Crippen molar-refractivity contribution in [3.8, 4) is 28.3 Å². The summed E-state index contributed by atoms with van der Waals surface area (Å²) in [6, 6.07) is 26.0. The minimum atomic E-state index is 0.413. The monoisotopic (exact) mass is 471 g/mol. The molecule has 0 fully saturated rings. The summed E-state index contributed by atoms with van der Waals surface area (Å²) in [5.41, 5.74) is 12.4. The number of imidazole rings is 1. The van der Waals surface area contributed by atoms with Gasteiger partial charge in [0.2, 0.25) is 5.95 Å². The Hall–Kier alpha value is -5.18. The summed E-state index contributed by atoms with van der Waals surface area (Å²) in [5, 5.41) is 3.20. The fraction of sp³-hybridized carbons (Fsp3) is 0.0370. The van der Waals surface area contributed by atoms with Crippen molar-refractivity contribution < 1.29 is 0 Å². The number of nitrogen functional groups attached to an aromatic ring is 1. The van der Waals surface area contributed by atoms with E-state index >= 15 is 0 Å². The highest BCUT2D eigenvalue weighted by Crippen LogP contribution is 2.31. The van der Waals surface area contributed by atoms with E-state index in [2.05, 4.69) is 25.3 Å². The van der Waals surface area contributed by atoms with Crippen LogP contribution >= 0.6 is 0 Å². The number of benzene rings is 2. The van der Waals surface area contributed by atoms with E-state index < -0.39 is 0 Å². The molecule has 2 aromatic carbocycles. The molecule has 0 bridgehead atoms. The summed E-state index contributed by atoms with van der Waals surface area (Å²) in [5.74, 6) is 1.63. The fourth-order valence-corrected chi connectivity index (χ4v) is 4.03. The van der Waals surface area contributed by atoms with Crippen LogP contribution < -0.4 is 11.1 Å². The first kappa shape index (κ1) is 21.4. The lowest BCUT2D eigenvalue weighted by atomic mass is 10.1. The van der Waals surface area contributed by atoms with E-state index in [1.54, 1.807) is 6.20 Å². The minimum Gasteiger partial charge on any atom is -0.383 e. The summed E-state index contributed by atoms with van der Waals surface area (Å²) in [7, 11) is 0. The van der Waals surface area contributed by atoms with Gasteiger partial charge in [-0.15, -0.1) is 0 Å². The van der Waals surface area contributed by atoms with Gasteiger partial charge in [-0.05, 0) is 42.0 Å². The SMILES string of the molecule is Nc1ncccc1-c1nc2ccc(-c3ccccc3)nc2n1-c1ccc(CNc2ncncn2)cc1. The van der Waals surface area contributed by atoms with Crippen LogP contribution in [0.4, 0.5) is 11.8 Å². The highest BCUT2D eigenvalue weighted by Gasteiger charge is 2.18. The second kappa shape index (κ2) is 9.22. The van der Waals surface area contributed by atoms with Gasteiger partial charge in [0.1, 0.15) is 24.0 Å². The van der Waals surface area contributed by atoms with Crippen molar-refractivity contribution in [2.75, 3.05) is 11.1 Å². The summed E-state index contributed by atoms with van der Waals surface area (Å²) in [6.45, 7) is 0.577. The van der Waals surface area contributed by atoms with E-state index in [9.17, 15) is 0 Å². The van der Waals surface area contributed by atoms with Crippen molar-refractivity contribution in [1.29, 1.82) is 0 Å². The zero-order valence-electron chi connectivity index (χ0n) is 19.2. The average Bonchev–Trinajstić information content (AvgIpc) is 3.32. The molecule has 0 atom stereocenters. The van der Waals surface area contributed by atoms with Gasteiger partial charge in [-0.25, -0.2) is 29.9 Å². The number of nitrogens with two attached hydrogens (primary N) is 1. The van der Waals surface area contributed by atoms with Crippen molar-refractivity contribution >= 4 is 22.9 Å². The number of hydrogen-bond donors (Lipinski definition) is 2. The van der Waals surface area contributed by atoms with E-state index in [4.69, 9.17) is 15.7 Å². The van der Waals surface area contributed by atoms with Gasteiger partial charge in [0.05, 0.1) is 11.3 Å². The molecule has 3 N–H and O–H groups in total. The largest absolute Gasteiger partial charge is 0.383 e. The lowest BCUT2D eigenvalue weighted by Crippen LogP contribution is -2.05. The Bertz CT molecular complexity index is 1630. The zero-order chi connectivity index (χ0) is 24.3. The molecule has 0 aliphatic carbocycles. The van der Waals surface area contributed by atoms with E-state index in [-0.39, 0.29) is 0 Å². The predicted molar refractivity (Wildman–Crippen MR) is 139 cm³/mol. The molecule has 6 rings (SSSR count). The molecule has 36 heavy (non-hydrogen) atoms. The molecule has 0 amide bonds. The molecule has 4 heterocycles. The van der Waals surface area contributed by atoms with Crippen molar-refractivity contribution in [2.24, 2.45) is 0 Å². The van der Waals surface area contributed by atoms with Crippen LogP contribution in [0.5, 0.6) is 0 Å². The normalized spacial score (nSPS) is 11.0. The van der Waals surface area contributed by atoms with E-state index in [1.807, 2.05) is 83.4 Å². The quantitative estimate of drug-likeness (QED) is 0.364. The second-order valence-electron chi connectivity index (χ2n) is 8.09. The highest BCUT2D eigenvalue weighted by molar-refractivity contribution is 5.84. The molecule has 9 nitrogen and oxygen atoms in total. The van der Waals surface area contributed by atoms with Crippen molar-refractivity contribution in [3.05, 3.63) is 103 Å². The maximum Gasteiger partial charge on any atom is 0.225 e. The van der Waals surface area contributed by atoms with Gasteiger partial charge >= 0.3 is 0 Å². The van der Waals surface area contributed by atoms with Gasteiger partial charge in [-0.2, -0.15) is 0 Å². The third kappa shape index (κ3) is 4.09. The van der Waals surface area contributed by atoms with Crippen LogP contribution in [-0.4, -0.2) is 34.5 Å². The molecule has 6 aromatic rings.